The number of nitrogens with one attached hydrogen (secondary N) is 3. The summed E-state index contributed by atoms with van der Waals surface area (Å²) in [6.07, 6.45) is 5.04. The molecule has 190 valence electrons. The SMILES string of the molecule is CC1=C(C(=O)NC2CCC(N)CC2)c2[nH]ccc2C(c2cc(C(F)F)ccc2OCC2CC2)N1.Cl. The molecule has 5 rings (SSSR count). The van der Waals surface area contributed by atoms with Crippen molar-refractivity contribution in [1.29, 1.82) is 0 Å². The molecule has 5 N–H and O–H groups in total. The normalized spacial score (nSPS) is 23.9. The molecule has 0 radical (unpaired) electrons. The largest absolute Gasteiger partial charge is 0.493 e. The van der Waals surface area contributed by atoms with Gasteiger partial charge in [-0.25, -0.2) is 8.78 Å². The summed E-state index contributed by atoms with van der Waals surface area (Å²) < 4.78 is 33.2. The first kappa shape index (κ1) is 25.5. The number of H-pyrrole nitrogens is 1. The van der Waals surface area contributed by atoms with Crippen molar-refractivity contribution in [2.45, 2.75) is 70.0 Å². The fraction of sp³-hybridized carbons (Fsp3) is 0.500. The first-order valence-corrected chi connectivity index (χ1v) is 12.2. The van der Waals surface area contributed by atoms with E-state index in [-0.39, 0.29) is 36.0 Å². The van der Waals surface area contributed by atoms with Gasteiger partial charge in [0.2, 0.25) is 0 Å². The highest BCUT2D eigenvalue weighted by Gasteiger charge is 2.33. The molecule has 0 saturated heterocycles. The molecule has 2 aliphatic carbocycles. The van der Waals surface area contributed by atoms with E-state index in [1.165, 1.54) is 12.1 Å². The summed E-state index contributed by atoms with van der Waals surface area (Å²) >= 11 is 0. The van der Waals surface area contributed by atoms with Gasteiger partial charge in [-0.2, -0.15) is 0 Å². The van der Waals surface area contributed by atoms with Crippen molar-refractivity contribution in [1.82, 2.24) is 15.6 Å². The van der Waals surface area contributed by atoms with Gasteiger partial charge < -0.3 is 26.1 Å². The number of allylic oxidation sites excluding steroid dienone is 1. The first-order chi connectivity index (χ1) is 16.4. The quantitative estimate of drug-likeness (QED) is 0.426. The molecule has 6 nitrogen and oxygen atoms in total. The van der Waals surface area contributed by atoms with Gasteiger partial charge in [-0.05, 0) is 75.6 Å². The van der Waals surface area contributed by atoms with Crippen LogP contribution in [0.2, 0.25) is 0 Å². The van der Waals surface area contributed by atoms with E-state index in [4.69, 9.17) is 10.5 Å². The van der Waals surface area contributed by atoms with Crippen molar-refractivity contribution in [3.05, 3.63) is 58.5 Å². The molecule has 9 heteroatoms. The summed E-state index contributed by atoms with van der Waals surface area (Å²) in [5.41, 5.74) is 9.40. The maximum absolute atomic E-state index is 13.6. The minimum Gasteiger partial charge on any atom is -0.493 e. The number of alkyl halides is 2. The number of benzene rings is 1. The highest BCUT2D eigenvalue weighted by molar-refractivity contribution is 6.20. The van der Waals surface area contributed by atoms with Crippen molar-refractivity contribution in [3.8, 4) is 5.75 Å². The third-order valence-electron chi connectivity index (χ3n) is 7.18. The second kappa shape index (κ2) is 10.6. The number of ether oxygens (including phenoxy) is 1. The van der Waals surface area contributed by atoms with Gasteiger partial charge in [0.25, 0.3) is 12.3 Å². The average molecular weight is 507 g/mol. The molecule has 35 heavy (non-hydrogen) atoms. The summed E-state index contributed by atoms with van der Waals surface area (Å²) in [6, 6.07) is 6.39. The van der Waals surface area contributed by atoms with E-state index in [0.29, 0.717) is 40.8 Å². The predicted octanol–water partition coefficient (Wildman–Crippen LogP) is 4.97. The van der Waals surface area contributed by atoms with Crippen molar-refractivity contribution in [2.24, 2.45) is 11.7 Å². The zero-order chi connectivity index (χ0) is 23.8. The second-order valence-corrected chi connectivity index (χ2v) is 9.82. The summed E-state index contributed by atoms with van der Waals surface area (Å²) in [5, 5.41) is 6.58. The molecule has 1 aliphatic heterocycles. The van der Waals surface area contributed by atoms with Crippen molar-refractivity contribution in [2.75, 3.05) is 6.61 Å². The van der Waals surface area contributed by atoms with E-state index >= 15 is 0 Å². The van der Waals surface area contributed by atoms with Crippen LogP contribution in [0.5, 0.6) is 5.75 Å². The Labute approximate surface area is 210 Å². The Balaban J connectivity index is 0.00000289. The van der Waals surface area contributed by atoms with Crippen molar-refractivity contribution < 1.29 is 18.3 Å². The van der Waals surface area contributed by atoms with Gasteiger partial charge in [0.1, 0.15) is 5.75 Å². The fourth-order valence-corrected chi connectivity index (χ4v) is 4.99. The molecule has 0 spiro atoms. The van der Waals surface area contributed by atoms with Crippen molar-refractivity contribution >= 4 is 23.9 Å². The molecule has 1 aromatic carbocycles. The molecular formula is C26H33ClF2N4O2. The number of halogens is 3. The number of aromatic nitrogens is 1. The lowest BCUT2D eigenvalue weighted by molar-refractivity contribution is -0.116. The number of nitrogens with two attached hydrogens (primary N) is 1. The van der Waals surface area contributed by atoms with E-state index in [0.717, 1.165) is 44.1 Å². The Kier molecular flexibility index (Phi) is 7.71. The lowest BCUT2D eigenvalue weighted by Crippen LogP contribution is -2.42. The number of rotatable bonds is 7. The number of hydrogen-bond acceptors (Lipinski definition) is 4. The molecule has 1 atom stereocenters. The second-order valence-electron chi connectivity index (χ2n) is 9.82. The lowest BCUT2D eigenvalue weighted by Gasteiger charge is -2.31. The Bertz CT molecular complexity index is 1090. The molecule has 2 fully saturated rings. The highest BCUT2D eigenvalue weighted by atomic mass is 35.5. The van der Waals surface area contributed by atoms with Gasteiger partial charge in [-0.1, -0.05) is 0 Å². The molecule has 2 heterocycles. The number of amides is 1. The Morgan fingerprint density at radius 1 is 1.14 bits per heavy atom. The molecule has 1 aromatic heterocycles. The number of hydrogen-bond donors (Lipinski definition) is 4. The molecule has 3 aliphatic rings. The number of aromatic amines is 1. The third kappa shape index (κ3) is 5.48. The van der Waals surface area contributed by atoms with Crippen LogP contribution < -0.4 is 21.1 Å². The van der Waals surface area contributed by atoms with Gasteiger partial charge in [0.15, 0.2) is 0 Å². The van der Waals surface area contributed by atoms with E-state index < -0.39 is 12.5 Å². The van der Waals surface area contributed by atoms with Gasteiger partial charge in [-0.15, -0.1) is 12.4 Å². The van der Waals surface area contributed by atoms with Gasteiger partial charge in [0, 0.05) is 40.7 Å². The maximum atomic E-state index is 13.6. The number of fused-ring (bicyclic) bond motifs is 1. The van der Waals surface area contributed by atoms with Crippen LogP contribution in [0.15, 0.2) is 36.2 Å². The van der Waals surface area contributed by atoms with Crippen LogP contribution in [-0.4, -0.2) is 29.6 Å². The monoisotopic (exact) mass is 506 g/mol. The highest BCUT2D eigenvalue weighted by Crippen LogP contribution is 2.41. The van der Waals surface area contributed by atoms with E-state index in [1.54, 1.807) is 12.3 Å². The summed E-state index contributed by atoms with van der Waals surface area (Å²) in [6.45, 7) is 2.44. The van der Waals surface area contributed by atoms with Crippen LogP contribution in [0.4, 0.5) is 8.78 Å². The zero-order valence-corrected chi connectivity index (χ0v) is 20.6. The summed E-state index contributed by atoms with van der Waals surface area (Å²) in [4.78, 5) is 16.5. The standard InChI is InChI=1S/C26H32F2N4O2.ClH/c1-14-22(26(33)32-18-7-5-17(29)6-8-18)24-19(10-11-30-24)23(31-14)20-12-16(25(27)28)4-9-21(20)34-13-15-2-3-15;/h4,9-12,15,17-18,23,25,30-31H,2-3,5-8,13,29H2,1H3,(H,32,33);1H. The lowest BCUT2D eigenvalue weighted by atomic mass is 9.89. The molecule has 0 bridgehead atoms. The maximum Gasteiger partial charge on any atom is 0.263 e. The molecule has 2 saturated carbocycles. The minimum absolute atomic E-state index is 0. The van der Waals surface area contributed by atoms with E-state index in [9.17, 15) is 13.6 Å². The van der Waals surface area contributed by atoms with E-state index in [1.807, 2.05) is 13.0 Å². The van der Waals surface area contributed by atoms with Crippen LogP contribution in [0.3, 0.4) is 0 Å². The molecule has 2 aromatic rings. The van der Waals surface area contributed by atoms with Crippen molar-refractivity contribution in [3.63, 3.8) is 0 Å². The van der Waals surface area contributed by atoms with Gasteiger partial charge in [0.05, 0.1) is 23.9 Å². The van der Waals surface area contributed by atoms with Gasteiger partial charge >= 0.3 is 0 Å². The molecular weight excluding hydrogens is 474 g/mol. The van der Waals surface area contributed by atoms with Crippen LogP contribution in [0, 0.1) is 5.92 Å². The molecule has 1 amide bonds. The smallest absolute Gasteiger partial charge is 0.263 e. The van der Waals surface area contributed by atoms with E-state index in [2.05, 4.69) is 15.6 Å². The fourth-order valence-electron chi connectivity index (χ4n) is 4.99. The van der Waals surface area contributed by atoms with Crippen LogP contribution in [0.25, 0.3) is 5.57 Å². The topological polar surface area (TPSA) is 92.2 Å². The summed E-state index contributed by atoms with van der Waals surface area (Å²) in [5.74, 6) is 0.996. The van der Waals surface area contributed by atoms with Crippen LogP contribution in [-0.2, 0) is 4.79 Å². The van der Waals surface area contributed by atoms with Crippen LogP contribution >= 0.6 is 12.4 Å². The summed E-state index contributed by atoms with van der Waals surface area (Å²) in [7, 11) is 0. The minimum atomic E-state index is -2.58. The zero-order valence-electron chi connectivity index (χ0n) is 19.8. The number of carbonyl (C=O) groups is 1. The third-order valence-corrected chi connectivity index (χ3v) is 7.18. The Morgan fingerprint density at radius 2 is 1.89 bits per heavy atom. The Morgan fingerprint density at radius 3 is 2.57 bits per heavy atom. The molecule has 1 unspecified atom stereocenters. The predicted molar refractivity (Wildman–Crippen MR) is 134 cm³/mol. The van der Waals surface area contributed by atoms with Crippen LogP contribution in [0.1, 0.15) is 80.3 Å². The average Bonchev–Trinajstić information content (AvgIpc) is 3.53. The van der Waals surface area contributed by atoms with Gasteiger partial charge in [-0.3, -0.25) is 4.79 Å². The number of carbonyl (C=O) groups excluding carboxylic acids is 1. The first-order valence-electron chi connectivity index (χ1n) is 12.2. The Hall–Kier alpha value is -2.58.